The number of amides is 2. The third-order valence-electron chi connectivity index (χ3n) is 4.49. The van der Waals surface area contributed by atoms with Gasteiger partial charge in [0.1, 0.15) is 0 Å². The molecule has 2 amide bonds. The predicted molar refractivity (Wildman–Crippen MR) is 75.6 cm³/mol. The molecule has 0 aromatic rings. The first-order valence-electron chi connectivity index (χ1n) is 7.42. The van der Waals surface area contributed by atoms with Gasteiger partial charge in [0.05, 0.1) is 6.54 Å². The summed E-state index contributed by atoms with van der Waals surface area (Å²) in [6, 6.07) is 0.361. The number of carbonyl (C=O) groups excluding carboxylic acids is 1. The number of carbonyl (C=O) groups is 2. The highest BCUT2D eigenvalue weighted by atomic mass is 16.4. The van der Waals surface area contributed by atoms with Crippen molar-refractivity contribution in [3.05, 3.63) is 0 Å². The molecule has 0 aromatic carbocycles. The highest BCUT2D eigenvalue weighted by Crippen LogP contribution is 2.44. The Labute approximate surface area is 119 Å². The van der Waals surface area contributed by atoms with Crippen molar-refractivity contribution in [2.45, 2.75) is 51.6 Å². The molecule has 2 saturated carbocycles. The number of aliphatic carboxylic acids is 1. The van der Waals surface area contributed by atoms with Gasteiger partial charge in [-0.05, 0) is 37.6 Å². The fourth-order valence-electron chi connectivity index (χ4n) is 2.60. The first-order valence-corrected chi connectivity index (χ1v) is 7.42. The maximum atomic E-state index is 11.7. The second-order valence-corrected chi connectivity index (χ2v) is 6.42. The maximum absolute atomic E-state index is 11.7. The molecule has 0 bridgehead atoms. The van der Waals surface area contributed by atoms with Crippen molar-refractivity contribution in [1.29, 1.82) is 0 Å². The van der Waals surface area contributed by atoms with Gasteiger partial charge in [-0.2, -0.15) is 0 Å². The van der Waals surface area contributed by atoms with Gasteiger partial charge in [-0.1, -0.05) is 13.8 Å². The van der Waals surface area contributed by atoms with E-state index in [0.717, 1.165) is 25.9 Å². The van der Waals surface area contributed by atoms with E-state index in [1.165, 1.54) is 12.8 Å². The Morgan fingerprint density at radius 2 is 2.00 bits per heavy atom. The first kappa shape index (κ1) is 15.1. The van der Waals surface area contributed by atoms with Crippen LogP contribution < -0.4 is 10.6 Å². The zero-order valence-electron chi connectivity index (χ0n) is 12.3. The summed E-state index contributed by atoms with van der Waals surface area (Å²) in [7, 11) is 0. The lowest BCUT2D eigenvalue weighted by molar-refractivity contribution is -0.139. The number of hydrogen-bond donors (Lipinski definition) is 3. The Bertz CT molecular complexity index is 376. The number of hydrogen-bond acceptors (Lipinski definition) is 3. The van der Waals surface area contributed by atoms with Crippen molar-refractivity contribution in [2.24, 2.45) is 5.41 Å². The lowest BCUT2D eigenvalue weighted by Crippen LogP contribution is -2.56. The van der Waals surface area contributed by atoms with E-state index in [2.05, 4.69) is 17.6 Å². The van der Waals surface area contributed by atoms with Gasteiger partial charge in [-0.15, -0.1) is 0 Å². The van der Waals surface area contributed by atoms with Crippen molar-refractivity contribution in [2.75, 3.05) is 19.6 Å². The fourth-order valence-corrected chi connectivity index (χ4v) is 2.60. The number of nitrogens with zero attached hydrogens (tertiary/aromatic N) is 1. The predicted octanol–water partition coefficient (Wildman–Crippen LogP) is 1.02. The lowest BCUT2D eigenvalue weighted by Gasteiger charge is -2.42. The van der Waals surface area contributed by atoms with E-state index >= 15 is 0 Å². The van der Waals surface area contributed by atoms with Gasteiger partial charge in [0, 0.05) is 18.6 Å². The monoisotopic (exact) mass is 283 g/mol. The SMILES string of the molecule is CCN(CC(=O)O)C1CC(NC(=O)NCC2(C)CC2)C1. The number of nitrogens with one attached hydrogen (secondary N) is 2. The van der Waals surface area contributed by atoms with Gasteiger partial charge in [0.2, 0.25) is 0 Å². The minimum Gasteiger partial charge on any atom is -0.480 e. The van der Waals surface area contributed by atoms with E-state index in [4.69, 9.17) is 5.11 Å². The molecule has 6 heteroatoms. The lowest BCUT2D eigenvalue weighted by atomic mass is 9.85. The molecule has 6 nitrogen and oxygen atoms in total. The summed E-state index contributed by atoms with van der Waals surface area (Å²) in [6.45, 7) is 5.70. The molecule has 0 saturated heterocycles. The van der Waals surface area contributed by atoms with E-state index < -0.39 is 5.97 Å². The Morgan fingerprint density at radius 3 is 2.50 bits per heavy atom. The summed E-state index contributed by atoms with van der Waals surface area (Å²) in [5, 5.41) is 14.7. The summed E-state index contributed by atoms with van der Waals surface area (Å²) < 4.78 is 0. The van der Waals surface area contributed by atoms with Gasteiger partial charge in [-0.25, -0.2) is 4.79 Å². The largest absolute Gasteiger partial charge is 0.480 e. The Balaban J connectivity index is 1.62. The smallest absolute Gasteiger partial charge is 0.317 e. The molecule has 2 fully saturated rings. The average molecular weight is 283 g/mol. The highest BCUT2D eigenvalue weighted by Gasteiger charge is 2.38. The van der Waals surface area contributed by atoms with E-state index in [1.54, 1.807) is 0 Å². The molecule has 114 valence electrons. The van der Waals surface area contributed by atoms with Crippen molar-refractivity contribution < 1.29 is 14.7 Å². The molecule has 2 aliphatic carbocycles. The van der Waals surface area contributed by atoms with Gasteiger partial charge < -0.3 is 15.7 Å². The number of carboxylic acids is 1. The third kappa shape index (κ3) is 4.10. The Hall–Kier alpha value is -1.30. The average Bonchev–Trinajstić information content (AvgIpc) is 3.07. The third-order valence-corrected chi connectivity index (χ3v) is 4.49. The second kappa shape index (κ2) is 5.99. The Morgan fingerprint density at radius 1 is 1.35 bits per heavy atom. The van der Waals surface area contributed by atoms with Crippen LogP contribution in [0, 0.1) is 5.41 Å². The van der Waals surface area contributed by atoms with Crippen molar-refractivity contribution in [3.8, 4) is 0 Å². The molecule has 3 N–H and O–H groups in total. The summed E-state index contributed by atoms with van der Waals surface area (Å²) >= 11 is 0. The van der Waals surface area contributed by atoms with E-state index in [9.17, 15) is 9.59 Å². The number of carboxylic acid groups (broad SMARTS) is 1. The molecule has 20 heavy (non-hydrogen) atoms. The topological polar surface area (TPSA) is 81.7 Å². The van der Waals surface area contributed by atoms with Crippen LogP contribution in [0.25, 0.3) is 0 Å². The van der Waals surface area contributed by atoms with Crippen LogP contribution in [0.2, 0.25) is 0 Å². The van der Waals surface area contributed by atoms with Crippen LogP contribution in [-0.2, 0) is 4.79 Å². The van der Waals surface area contributed by atoms with Crippen LogP contribution in [0.1, 0.15) is 39.5 Å². The molecule has 0 heterocycles. The molecule has 2 rings (SSSR count). The van der Waals surface area contributed by atoms with Crippen LogP contribution >= 0.6 is 0 Å². The van der Waals surface area contributed by atoms with E-state index in [0.29, 0.717) is 5.41 Å². The van der Waals surface area contributed by atoms with Gasteiger partial charge >= 0.3 is 12.0 Å². The summed E-state index contributed by atoms with van der Waals surface area (Å²) in [5.41, 5.74) is 0.319. The van der Waals surface area contributed by atoms with Crippen molar-refractivity contribution in [3.63, 3.8) is 0 Å². The zero-order chi connectivity index (χ0) is 14.8. The van der Waals surface area contributed by atoms with Crippen LogP contribution in [0.5, 0.6) is 0 Å². The van der Waals surface area contributed by atoms with E-state index in [1.807, 2.05) is 11.8 Å². The van der Waals surface area contributed by atoms with Crippen LogP contribution in [0.4, 0.5) is 4.79 Å². The van der Waals surface area contributed by atoms with Crippen molar-refractivity contribution >= 4 is 12.0 Å². The quantitative estimate of drug-likeness (QED) is 0.651. The minimum atomic E-state index is -0.793. The zero-order valence-corrected chi connectivity index (χ0v) is 12.3. The van der Waals surface area contributed by atoms with Crippen molar-refractivity contribution in [1.82, 2.24) is 15.5 Å². The molecule has 0 radical (unpaired) electrons. The molecule has 0 aromatic heterocycles. The van der Waals surface area contributed by atoms with Crippen LogP contribution in [0.15, 0.2) is 0 Å². The van der Waals surface area contributed by atoms with Gasteiger partial charge in [0.15, 0.2) is 0 Å². The minimum absolute atomic E-state index is 0.0818. The molecular formula is C14H25N3O3. The summed E-state index contributed by atoms with van der Waals surface area (Å²) in [4.78, 5) is 24.4. The molecule has 0 atom stereocenters. The van der Waals surface area contributed by atoms with Crippen LogP contribution in [0.3, 0.4) is 0 Å². The maximum Gasteiger partial charge on any atom is 0.317 e. The van der Waals surface area contributed by atoms with E-state index in [-0.39, 0.29) is 24.7 Å². The molecule has 2 aliphatic rings. The summed E-state index contributed by atoms with van der Waals surface area (Å²) in [6.07, 6.45) is 4.07. The molecule has 0 unspecified atom stereocenters. The second-order valence-electron chi connectivity index (χ2n) is 6.42. The fraction of sp³-hybridized carbons (Fsp3) is 0.857. The van der Waals surface area contributed by atoms with Gasteiger partial charge in [-0.3, -0.25) is 9.69 Å². The molecule has 0 aliphatic heterocycles. The number of urea groups is 1. The first-order chi connectivity index (χ1) is 9.42. The standard InChI is InChI=1S/C14H25N3O3/c1-3-17(8-12(18)19)11-6-10(7-11)16-13(20)15-9-14(2)4-5-14/h10-11H,3-9H2,1-2H3,(H,18,19)(H2,15,16,20). The molecule has 0 spiro atoms. The Kier molecular flexibility index (Phi) is 4.52. The number of rotatable bonds is 7. The normalized spacial score (nSPS) is 26.8. The number of likely N-dealkylation sites (N-methyl/N-ethyl adjacent to an activating group) is 1. The highest BCUT2D eigenvalue weighted by molar-refractivity contribution is 5.74. The molecular weight excluding hydrogens is 258 g/mol. The summed E-state index contributed by atoms with van der Waals surface area (Å²) in [5.74, 6) is -0.793. The van der Waals surface area contributed by atoms with Gasteiger partial charge in [0.25, 0.3) is 0 Å². The van der Waals surface area contributed by atoms with Crippen LogP contribution in [-0.4, -0.2) is 53.7 Å².